The predicted molar refractivity (Wildman–Crippen MR) is 284 cm³/mol. The van der Waals surface area contributed by atoms with E-state index in [4.69, 9.17) is 14.2 Å². The summed E-state index contributed by atoms with van der Waals surface area (Å²) in [6.07, 6.45) is 71.1. The van der Waals surface area contributed by atoms with Crippen LogP contribution in [0.3, 0.4) is 0 Å². The van der Waals surface area contributed by atoms with Gasteiger partial charge in [0, 0.05) is 19.3 Å². The molecule has 1 atom stereocenters. The second-order valence-electron chi connectivity index (χ2n) is 17.7. The van der Waals surface area contributed by atoms with Crippen LogP contribution >= 0.6 is 0 Å². The number of hydrogen-bond acceptors (Lipinski definition) is 6. The van der Waals surface area contributed by atoms with Crippen molar-refractivity contribution in [3.05, 3.63) is 97.2 Å². The second-order valence-corrected chi connectivity index (χ2v) is 17.7. The Morgan fingerprint density at radius 3 is 0.985 bits per heavy atom. The molecule has 0 aliphatic carbocycles. The van der Waals surface area contributed by atoms with Gasteiger partial charge < -0.3 is 14.2 Å². The van der Waals surface area contributed by atoms with Crippen LogP contribution < -0.4 is 0 Å². The summed E-state index contributed by atoms with van der Waals surface area (Å²) in [6.45, 7) is 6.42. The summed E-state index contributed by atoms with van der Waals surface area (Å²) < 4.78 is 16.8. The lowest BCUT2D eigenvalue weighted by Gasteiger charge is -2.18. The number of unbranched alkanes of at least 4 members (excludes halogenated alkanes) is 21. The largest absolute Gasteiger partial charge is 0.462 e. The summed E-state index contributed by atoms with van der Waals surface area (Å²) in [5, 5.41) is 0. The number of ether oxygens (including phenoxy) is 3. The number of hydrogen-bond donors (Lipinski definition) is 0. The molecular weight excluding hydrogens is 817 g/mol. The van der Waals surface area contributed by atoms with Gasteiger partial charge in [-0.05, 0) is 116 Å². The Hall–Kier alpha value is -3.67. The van der Waals surface area contributed by atoms with Crippen molar-refractivity contribution in [1.29, 1.82) is 0 Å². The summed E-state index contributed by atoms with van der Waals surface area (Å²) >= 11 is 0. The molecule has 0 bridgehead atoms. The van der Waals surface area contributed by atoms with Gasteiger partial charge in [0.1, 0.15) is 13.2 Å². The molecule has 0 aromatic heterocycles. The summed E-state index contributed by atoms with van der Waals surface area (Å²) in [4.78, 5) is 38.0. The lowest BCUT2D eigenvalue weighted by Crippen LogP contribution is -2.30. The first-order chi connectivity index (χ1) is 32.5. The number of carbonyl (C=O) groups excluding carboxylic acids is 3. The van der Waals surface area contributed by atoms with E-state index in [2.05, 4.69) is 118 Å². The minimum Gasteiger partial charge on any atom is -0.462 e. The Morgan fingerprint density at radius 2 is 0.606 bits per heavy atom. The summed E-state index contributed by atoms with van der Waals surface area (Å²) in [6, 6.07) is 0. The van der Waals surface area contributed by atoms with E-state index in [1.807, 2.05) is 0 Å². The van der Waals surface area contributed by atoms with Crippen molar-refractivity contribution in [2.45, 2.75) is 252 Å². The van der Waals surface area contributed by atoms with E-state index in [-0.39, 0.29) is 37.5 Å². The average Bonchev–Trinajstić information content (AvgIpc) is 3.31. The molecule has 1 unspecified atom stereocenters. The van der Waals surface area contributed by atoms with Gasteiger partial charge in [0.2, 0.25) is 0 Å². The van der Waals surface area contributed by atoms with E-state index in [1.54, 1.807) is 0 Å². The highest BCUT2D eigenvalue weighted by molar-refractivity contribution is 5.71. The third-order valence-electron chi connectivity index (χ3n) is 11.3. The second kappa shape index (κ2) is 53.9. The Labute approximate surface area is 407 Å². The van der Waals surface area contributed by atoms with Crippen LogP contribution in [0.1, 0.15) is 245 Å². The number of rotatable bonds is 48. The molecular formula is C60H100O6. The molecule has 0 saturated heterocycles. The van der Waals surface area contributed by atoms with Gasteiger partial charge in [-0.2, -0.15) is 0 Å². The van der Waals surface area contributed by atoms with Gasteiger partial charge in [-0.15, -0.1) is 0 Å². The van der Waals surface area contributed by atoms with Crippen LogP contribution in [-0.4, -0.2) is 37.2 Å². The zero-order chi connectivity index (χ0) is 47.9. The summed E-state index contributed by atoms with van der Waals surface area (Å²) in [5.41, 5.74) is 0. The molecule has 0 spiro atoms. The summed E-state index contributed by atoms with van der Waals surface area (Å²) in [5.74, 6) is -0.977. The van der Waals surface area contributed by atoms with Gasteiger partial charge in [-0.1, -0.05) is 208 Å². The molecule has 0 rings (SSSR count). The molecule has 0 radical (unpaired) electrons. The quantitative estimate of drug-likeness (QED) is 0.0262. The smallest absolute Gasteiger partial charge is 0.306 e. The molecule has 0 aromatic carbocycles. The van der Waals surface area contributed by atoms with Gasteiger partial charge in [0.05, 0.1) is 0 Å². The highest BCUT2D eigenvalue weighted by Crippen LogP contribution is 2.14. The van der Waals surface area contributed by atoms with Gasteiger partial charge in [0.25, 0.3) is 0 Å². The van der Waals surface area contributed by atoms with E-state index in [9.17, 15) is 14.4 Å². The van der Waals surface area contributed by atoms with Crippen LogP contribution in [0, 0.1) is 0 Å². The third kappa shape index (κ3) is 51.3. The van der Waals surface area contributed by atoms with Gasteiger partial charge >= 0.3 is 17.9 Å². The van der Waals surface area contributed by atoms with Crippen LogP contribution in [0.4, 0.5) is 0 Å². The Morgan fingerprint density at radius 1 is 0.318 bits per heavy atom. The summed E-state index contributed by atoms with van der Waals surface area (Å²) in [7, 11) is 0. The minimum absolute atomic E-state index is 0.105. The van der Waals surface area contributed by atoms with Crippen molar-refractivity contribution >= 4 is 17.9 Å². The zero-order valence-electron chi connectivity index (χ0n) is 42.9. The van der Waals surface area contributed by atoms with E-state index >= 15 is 0 Å². The molecule has 0 saturated carbocycles. The van der Waals surface area contributed by atoms with Crippen molar-refractivity contribution in [1.82, 2.24) is 0 Å². The Balaban J connectivity index is 4.46. The van der Waals surface area contributed by atoms with E-state index in [0.29, 0.717) is 19.3 Å². The monoisotopic (exact) mass is 917 g/mol. The Bertz CT molecular complexity index is 1330. The van der Waals surface area contributed by atoms with E-state index < -0.39 is 6.10 Å². The molecule has 0 aliphatic rings. The maximum Gasteiger partial charge on any atom is 0.306 e. The fourth-order valence-corrected chi connectivity index (χ4v) is 7.21. The molecule has 0 amide bonds. The molecule has 66 heavy (non-hydrogen) atoms. The highest BCUT2D eigenvalue weighted by Gasteiger charge is 2.19. The van der Waals surface area contributed by atoms with Crippen LogP contribution in [-0.2, 0) is 28.6 Å². The lowest BCUT2D eigenvalue weighted by atomic mass is 10.1. The van der Waals surface area contributed by atoms with Crippen molar-refractivity contribution in [3.63, 3.8) is 0 Å². The molecule has 376 valence electrons. The third-order valence-corrected chi connectivity index (χ3v) is 11.3. The van der Waals surface area contributed by atoms with E-state index in [0.717, 1.165) is 96.3 Å². The molecule has 6 heteroatoms. The van der Waals surface area contributed by atoms with Crippen LogP contribution in [0.2, 0.25) is 0 Å². The first-order valence-corrected chi connectivity index (χ1v) is 27.2. The lowest BCUT2D eigenvalue weighted by molar-refractivity contribution is -0.167. The maximum atomic E-state index is 12.8. The molecule has 6 nitrogen and oxygen atoms in total. The normalized spacial score (nSPS) is 12.8. The van der Waals surface area contributed by atoms with Crippen molar-refractivity contribution in [3.8, 4) is 0 Å². The van der Waals surface area contributed by atoms with E-state index in [1.165, 1.54) is 103 Å². The molecule has 0 heterocycles. The average molecular weight is 917 g/mol. The fourth-order valence-electron chi connectivity index (χ4n) is 7.21. The minimum atomic E-state index is -0.812. The number of carbonyl (C=O) groups is 3. The first kappa shape index (κ1) is 62.3. The van der Waals surface area contributed by atoms with Crippen molar-refractivity contribution in [2.24, 2.45) is 0 Å². The van der Waals surface area contributed by atoms with Crippen LogP contribution in [0.15, 0.2) is 97.2 Å². The molecule has 0 aliphatic heterocycles. The zero-order valence-corrected chi connectivity index (χ0v) is 42.9. The maximum absolute atomic E-state index is 12.8. The number of esters is 3. The Kier molecular flexibility index (Phi) is 50.9. The van der Waals surface area contributed by atoms with Gasteiger partial charge in [-0.3, -0.25) is 14.4 Å². The predicted octanol–water partition coefficient (Wildman–Crippen LogP) is 18.1. The number of allylic oxidation sites excluding steroid dienone is 16. The van der Waals surface area contributed by atoms with Crippen molar-refractivity contribution in [2.75, 3.05) is 13.2 Å². The molecule has 0 fully saturated rings. The highest BCUT2D eigenvalue weighted by atomic mass is 16.6. The molecule has 0 N–H and O–H groups in total. The molecule has 0 aromatic rings. The van der Waals surface area contributed by atoms with Gasteiger partial charge in [-0.25, -0.2) is 0 Å². The standard InChI is InChI=1S/C60H100O6/c1-4-7-10-13-16-19-22-25-27-29-30-32-33-35-38-41-44-47-50-53-59(62)65-56-57(55-64-58(61)52-49-46-43-40-37-24-21-18-15-12-9-6-3)66-60(63)54-51-48-45-42-39-36-34-31-28-26-23-20-17-14-11-8-5-2/h7,10,16-21,25-28,34,36,42,45,57H,4-6,8-9,11-15,22-24,29-33,35,37-41,43-44,46-56H2,1-3H3/b10-7-,19-16-,20-17-,21-18-,27-25-,28-26-,36-34-,45-42-. The SMILES string of the molecule is CC/C=C\C/C=C\C/C=C\CCCCCCCCCCCC(=O)OCC(COC(=O)CCCCCCC/C=C\CCCCC)OC(=O)CCC/C=C\C/C=C\C/C=C\C/C=C\CCCCC. The van der Waals surface area contributed by atoms with Crippen molar-refractivity contribution < 1.29 is 28.6 Å². The van der Waals surface area contributed by atoms with Gasteiger partial charge in [0.15, 0.2) is 6.10 Å². The van der Waals surface area contributed by atoms with Crippen LogP contribution in [0.5, 0.6) is 0 Å². The first-order valence-electron chi connectivity index (χ1n) is 27.2. The van der Waals surface area contributed by atoms with Crippen LogP contribution in [0.25, 0.3) is 0 Å². The fraction of sp³-hybridized carbons (Fsp3) is 0.683. The topological polar surface area (TPSA) is 78.9 Å².